The number of ether oxygens (including phenoxy) is 1. The van der Waals surface area contributed by atoms with E-state index in [0.29, 0.717) is 36.1 Å². The molecule has 2 heterocycles. The molecule has 6 nitrogen and oxygen atoms in total. The van der Waals surface area contributed by atoms with Gasteiger partial charge in [0.1, 0.15) is 5.75 Å². The number of amides is 1. The molecule has 20 heavy (non-hydrogen) atoms. The van der Waals surface area contributed by atoms with Gasteiger partial charge in [0.25, 0.3) is 5.91 Å². The molecule has 0 spiro atoms. The summed E-state index contributed by atoms with van der Waals surface area (Å²) in [6.07, 6.45) is 0. The van der Waals surface area contributed by atoms with Gasteiger partial charge in [-0.2, -0.15) is 4.98 Å². The lowest BCUT2D eigenvalue weighted by atomic mass is 9.98. The van der Waals surface area contributed by atoms with Gasteiger partial charge >= 0.3 is 0 Å². The Morgan fingerprint density at radius 3 is 2.80 bits per heavy atom. The van der Waals surface area contributed by atoms with E-state index < -0.39 is 0 Å². The Bertz CT molecular complexity index is 632. The van der Waals surface area contributed by atoms with E-state index in [4.69, 9.17) is 9.26 Å². The number of carbonyl (C=O) groups is 1. The lowest BCUT2D eigenvalue weighted by Crippen LogP contribution is -2.48. The second-order valence-corrected chi connectivity index (χ2v) is 4.79. The van der Waals surface area contributed by atoms with E-state index in [-0.39, 0.29) is 11.8 Å². The largest absolute Gasteiger partial charge is 0.496 e. The third kappa shape index (κ3) is 2.13. The predicted octanol–water partition coefficient (Wildman–Crippen LogP) is 1.63. The van der Waals surface area contributed by atoms with Gasteiger partial charge in [-0.25, -0.2) is 0 Å². The van der Waals surface area contributed by atoms with Crippen LogP contribution in [0.25, 0.3) is 0 Å². The van der Waals surface area contributed by atoms with E-state index in [1.54, 1.807) is 31.1 Å². The van der Waals surface area contributed by atoms with E-state index in [1.807, 2.05) is 12.1 Å². The van der Waals surface area contributed by atoms with E-state index in [9.17, 15) is 4.79 Å². The summed E-state index contributed by atoms with van der Waals surface area (Å²) in [6, 6.07) is 7.22. The molecule has 1 amide bonds. The summed E-state index contributed by atoms with van der Waals surface area (Å²) >= 11 is 0. The minimum atomic E-state index is -0.0325. The zero-order chi connectivity index (χ0) is 14.1. The molecule has 3 rings (SSSR count). The Hall–Kier alpha value is -2.37. The molecule has 1 aromatic heterocycles. The minimum absolute atomic E-state index is 0.0325. The van der Waals surface area contributed by atoms with Crippen molar-refractivity contribution < 1.29 is 14.1 Å². The minimum Gasteiger partial charge on any atom is -0.496 e. The maximum atomic E-state index is 12.4. The van der Waals surface area contributed by atoms with Gasteiger partial charge in [0, 0.05) is 13.1 Å². The van der Waals surface area contributed by atoms with Crippen molar-refractivity contribution in [3.63, 3.8) is 0 Å². The number of benzene rings is 1. The predicted molar refractivity (Wildman–Crippen MR) is 70.7 cm³/mol. The second-order valence-electron chi connectivity index (χ2n) is 4.79. The van der Waals surface area contributed by atoms with Gasteiger partial charge in [-0.3, -0.25) is 4.79 Å². The molecule has 0 atom stereocenters. The third-order valence-corrected chi connectivity index (χ3v) is 3.40. The molecule has 0 N–H and O–H groups in total. The van der Waals surface area contributed by atoms with Crippen molar-refractivity contribution in [1.29, 1.82) is 0 Å². The monoisotopic (exact) mass is 273 g/mol. The summed E-state index contributed by atoms with van der Waals surface area (Å²) in [5, 5.41) is 3.77. The highest BCUT2D eigenvalue weighted by Gasteiger charge is 2.36. The molecule has 6 heteroatoms. The molecule has 0 unspecified atom stereocenters. The smallest absolute Gasteiger partial charge is 0.257 e. The van der Waals surface area contributed by atoms with Gasteiger partial charge in [0.15, 0.2) is 5.82 Å². The van der Waals surface area contributed by atoms with Crippen molar-refractivity contribution in [3.05, 3.63) is 41.5 Å². The number of para-hydroxylation sites is 1. The summed E-state index contributed by atoms with van der Waals surface area (Å²) in [7, 11) is 1.56. The lowest BCUT2D eigenvalue weighted by molar-refractivity contribution is 0.0566. The summed E-state index contributed by atoms with van der Waals surface area (Å²) < 4.78 is 10.3. The van der Waals surface area contributed by atoms with Crippen LogP contribution in [0.1, 0.15) is 28.0 Å². The zero-order valence-corrected chi connectivity index (χ0v) is 11.4. The quantitative estimate of drug-likeness (QED) is 0.850. The molecule has 2 aromatic rings. The highest BCUT2D eigenvalue weighted by Crippen LogP contribution is 2.29. The first kappa shape index (κ1) is 12.7. The van der Waals surface area contributed by atoms with Crippen molar-refractivity contribution in [2.24, 2.45) is 0 Å². The van der Waals surface area contributed by atoms with Crippen molar-refractivity contribution in [2.75, 3.05) is 20.2 Å². The molecule has 1 aliphatic heterocycles. The van der Waals surface area contributed by atoms with E-state index in [2.05, 4.69) is 10.1 Å². The molecule has 1 aromatic carbocycles. The van der Waals surface area contributed by atoms with Crippen LogP contribution in [0.5, 0.6) is 5.75 Å². The summed E-state index contributed by atoms with van der Waals surface area (Å²) in [5.74, 6) is 1.92. The number of aryl methyl sites for hydroxylation is 1. The molecule has 1 saturated heterocycles. The van der Waals surface area contributed by atoms with Gasteiger partial charge in [-0.05, 0) is 19.1 Å². The molecule has 0 aliphatic carbocycles. The first-order valence-electron chi connectivity index (χ1n) is 6.41. The molecule has 0 saturated carbocycles. The molecule has 1 aliphatic rings. The van der Waals surface area contributed by atoms with Crippen LogP contribution in [0.4, 0.5) is 0 Å². The Balaban J connectivity index is 1.69. The highest BCUT2D eigenvalue weighted by atomic mass is 16.5. The van der Waals surface area contributed by atoms with Crippen LogP contribution in [-0.2, 0) is 0 Å². The summed E-state index contributed by atoms with van der Waals surface area (Å²) in [4.78, 5) is 18.3. The van der Waals surface area contributed by atoms with Crippen LogP contribution >= 0.6 is 0 Å². The molecule has 1 fully saturated rings. The van der Waals surface area contributed by atoms with Crippen molar-refractivity contribution in [3.8, 4) is 5.75 Å². The van der Waals surface area contributed by atoms with Gasteiger partial charge in [0.2, 0.25) is 5.89 Å². The van der Waals surface area contributed by atoms with Crippen LogP contribution in [0, 0.1) is 6.92 Å². The lowest BCUT2D eigenvalue weighted by Gasteiger charge is -2.37. The zero-order valence-electron chi connectivity index (χ0n) is 11.4. The van der Waals surface area contributed by atoms with Gasteiger partial charge < -0.3 is 14.2 Å². The number of hydrogen-bond donors (Lipinski definition) is 0. The number of likely N-dealkylation sites (tertiary alicyclic amines) is 1. The van der Waals surface area contributed by atoms with Crippen LogP contribution in [0.15, 0.2) is 28.8 Å². The van der Waals surface area contributed by atoms with E-state index in [0.717, 1.165) is 0 Å². The van der Waals surface area contributed by atoms with Crippen molar-refractivity contribution >= 4 is 5.91 Å². The summed E-state index contributed by atoms with van der Waals surface area (Å²) in [5.41, 5.74) is 0.579. The third-order valence-electron chi connectivity index (χ3n) is 3.40. The fourth-order valence-corrected chi connectivity index (χ4v) is 2.27. The number of methoxy groups -OCH3 is 1. The number of nitrogens with zero attached hydrogens (tertiary/aromatic N) is 3. The van der Waals surface area contributed by atoms with Crippen LogP contribution in [-0.4, -0.2) is 41.1 Å². The fraction of sp³-hybridized carbons (Fsp3) is 0.357. The number of carbonyl (C=O) groups excluding carboxylic acids is 1. The number of aromatic nitrogens is 2. The van der Waals surface area contributed by atoms with Gasteiger partial charge in [0.05, 0.1) is 18.6 Å². The molecule has 0 bridgehead atoms. The Morgan fingerprint density at radius 1 is 1.40 bits per heavy atom. The van der Waals surface area contributed by atoms with E-state index in [1.165, 1.54) is 0 Å². The summed E-state index contributed by atoms with van der Waals surface area (Å²) in [6.45, 7) is 2.97. The number of rotatable bonds is 3. The molecular weight excluding hydrogens is 258 g/mol. The fourth-order valence-electron chi connectivity index (χ4n) is 2.27. The average molecular weight is 273 g/mol. The average Bonchev–Trinajstić information content (AvgIpc) is 2.83. The molecule has 0 radical (unpaired) electrons. The first-order chi connectivity index (χ1) is 9.69. The van der Waals surface area contributed by atoms with Crippen LogP contribution < -0.4 is 4.74 Å². The van der Waals surface area contributed by atoms with Crippen molar-refractivity contribution in [2.45, 2.75) is 12.8 Å². The Morgan fingerprint density at radius 2 is 2.15 bits per heavy atom. The van der Waals surface area contributed by atoms with Crippen LogP contribution in [0.3, 0.4) is 0 Å². The van der Waals surface area contributed by atoms with Gasteiger partial charge in [-0.1, -0.05) is 17.3 Å². The highest BCUT2D eigenvalue weighted by molar-refractivity contribution is 5.97. The maximum absolute atomic E-state index is 12.4. The van der Waals surface area contributed by atoms with Crippen molar-refractivity contribution in [1.82, 2.24) is 15.0 Å². The standard InChI is InChI=1S/C14H15N3O3/c1-9-15-13(20-16-9)10-7-17(8-10)14(18)11-5-3-4-6-12(11)19-2/h3-6,10H,7-8H2,1-2H3. The Kier molecular flexibility index (Phi) is 3.14. The number of hydrogen-bond acceptors (Lipinski definition) is 5. The van der Waals surface area contributed by atoms with Crippen LogP contribution in [0.2, 0.25) is 0 Å². The van der Waals surface area contributed by atoms with E-state index >= 15 is 0 Å². The topological polar surface area (TPSA) is 68.5 Å². The second kappa shape index (κ2) is 4.96. The molecule has 104 valence electrons. The molecular formula is C14H15N3O3. The SMILES string of the molecule is COc1ccccc1C(=O)N1CC(c2nc(C)no2)C1. The maximum Gasteiger partial charge on any atom is 0.257 e. The first-order valence-corrected chi connectivity index (χ1v) is 6.41. The Labute approximate surface area is 116 Å². The van der Waals surface area contributed by atoms with Gasteiger partial charge in [-0.15, -0.1) is 0 Å². The normalized spacial score (nSPS) is 15.0.